The lowest BCUT2D eigenvalue weighted by molar-refractivity contribution is -0.136. The molecule has 0 aliphatic rings. The number of hydrogen-bond acceptors (Lipinski definition) is 4. The second kappa shape index (κ2) is 6.78. The van der Waals surface area contributed by atoms with Gasteiger partial charge < -0.3 is 10.2 Å². The van der Waals surface area contributed by atoms with Crippen LogP contribution in [0.1, 0.15) is 12.8 Å². The number of carboxylic acids is 2. The lowest BCUT2D eigenvalue weighted by Crippen LogP contribution is -2.12. The minimum atomic E-state index is -1.20. The molecule has 2 N–H and O–H groups in total. The highest BCUT2D eigenvalue weighted by Crippen LogP contribution is 2.15. The minimum absolute atomic E-state index is 0.0819. The van der Waals surface area contributed by atoms with Gasteiger partial charge in [-0.1, -0.05) is 0 Å². The minimum Gasteiger partial charge on any atom is -0.478 e. The Labute approximate surface area is 92.8 Å². The second-order valence-corrected chi connectivity index (χ2v) is 3.41. The van der Waals surface area contributed by atoms with E-state index >= 15 is 0 Å². The van der Waals surface area contributed by atoms with E-state index in [4.69, 9.17) is 10.2 Å². The van der Waals surface area contributed by atoms with Crippen LogP contribution >= 0.6 is 25.3 Å². The molecule has 0 saturated carbocycles. The normalized spacial score (nSPS) is 12.1. The quantitative estimate of drug-likeness (QED) is 0.411. The van der Waals surface area contributed by atoms with Crippen molar-refractivity contribution in [3.8, 4) is 0 Å². The number of aliphatic carboxylic acids is 2. The fourth-order valence-corrected chi connectivity index (χ4v) is 1.44. The van der Waals surface area contributed by atoms with E-state index in [2.05, 4.69) is 25.3 Å². The molecule has 0 rings (SSSR count). The number of carboxylic acid groups (broad SMARTS) is 2. The van der Waals surface area contributed by atoms with E-state index < -0.39 is 11.9 Å². The average Bonchev–Trinajstić information content (AvgIpc) is 2.10. The maximum absolute atomic E-state index is 10.7. The zero-order valence-corrected chi connectivity index (χ0v) is 9.22. The van der Waals surface area contributed by atoms with Crippen LogP contribution in [0.25, 0.3) is 0 Å². The van der Waals surface area contributed by atoms with Gasteiger partial charge in [-0.3, -0.25) is 0 Å². The SMILES string of the molecule is O=C(O)/C(CCS)=C(\CCS)C(=O)O. The maximum atomic E-state index is 10.7. The van der Waals surface area contributed by atoms with E-state index in [1.165, 1.54) is 0 Å². The molecule has 0 amide bonds. The van der Waals surface area contributed by atoms with Gasteiger partial charge in [-0.2, -0.15) is 25.3 Å². The molecule has 0 heterocycles. The Morgan fingerprint density at radius 1 is 0.857 bits per heavy atom. The van der Waals surface area contributed by atoms with Crippen molar-refractivity contribution in [1.29, 1.82) is 0 Å². The van der Waals surface area contributed by atoms with Crippen LogP contribution in [0.15, 0.2) is 11.1 Å². The maximum Gasteiger partial charge on any atom is 0.332 e. The molecule has 14 heavy (non-hydrogen) atoms. The summed E-state index contributed by atoms with van der Waals surface area (Å²) < 4.78 is 0. The van der Waals surface area contributed by atoms with Gasteiger partial charge in [-0.25, -0.2) is 9.59 Å². The van der Waals surface area contributed by atoms with Crippen molar-refractivity contribution in [3.63, 3.8) is 0 Å². The van der Waals surface area contributed by atoms with Crippen LogP contribution in [0.2, 0.25) is 0 Å². The Bertz CT molecular complexity index is 234. The first-order chi connectivity index (χ1) is 6.54. The largest absolute Gasteiger partial charge is 0.478 e. The average molecular weight is 236 g/mol. The Balaban J connectivity index is 5.03. The molecule has 0 aromatic carbocycles. The van der Waals surface area contributed by atoms with E-state index in [9.17, 15) is 9.59 Å². The van der Waals surface area contributed by atoms with Gasteiger partial charge in [0.15, 0.2) is 0 Å². The Morgan fingerprint density at radius 3 is 1.29 bits per heavy atom. The fourth-order valence-electron chi connectivity index (χ4n) is 0.997. The third kappa shape index (κ3) is 4.06. The van der Waals surface area contributed by atoms with Crippen LogP contribution in [-0.4, -0.2) is 33.7 Å². The van der Waals surface area contributed by atoms with Crippen LogP contribution in [0.5, 0.6) is 0 Å². The van der Waals surface area contributed by atoms with Crippen molar-refractivity contribution in [2.75, 3.05) is 11.5 Å². The molecule has 80 valence electrons. The van der Waals surface area contributed by atoms with E-state index in [-0.39, 0.29) is 24.0 Å². The predicted molar refractivity (Wildman–Crippen MR) is 59.2 cm³/mol. The first kappa shape index (κ1) is 13.4. The van der Waals surface area contributed by atoms with E-state index in [1.54, 1.807) is 0 Å². The lowest BCUT2D eigenvalue weighted by Gasteiger charge is -2.06. The zero-order valence-electron chi connectivity index (χ0n) is 7.43. The monoisotopic (exact) mass is 236 g/mol. The van der Waals surface area contributed by atoms with E-state index in [1.807, 2.05) is 0 Å². The summed E-state index contributed by atoms with van der Waals surface area (Å²) >= 11 is 7.75. The van der Waals surface area contributed by atoms with Gasteiger partial charge in [-0.05, 0) is 24.3 Å². The number of thiol groups is 2. The molecule has 0 aromatic rings. The molecule has 0 aromatic heterocycles. The molecule has 0 bridgehead atoms. The number of carbonyl (C=O) groups is 2. The summed E-state index contributed by atoms with van der Waals surface area (Å²) in [6, 6.07) is 0. The molecule has 0 fully saturated rings. The third-order valence-electron chi connectivity index (χ3n) is 1.60. The van der Waals surface area contributed by atoms with E-state index in [0.29, 0.717) is 11.5 Å². The summed E-state index contributed by atoms with van der Waals surface area (Å²) in [5, 5.41) is 17.5. The molecule has 0 saturated heterocycles. The first-order valence-corrected chi connectivity index (χ1v) is 5.21. The Kier molecular flexibility index (Phi) is 6.48. The summed E-state index contributed by atoms with van der Waals surface area (Å²) in [7, 11) is 0. The van der Waals surface area contributed by atoms with Gasteiger partial charge in [0.2, 0.25) is 0 Å². The molecule has 0 spiro atoms. The second-order valence-electron chi connectivity index (χ2n) is 2.51. The van der Waals surface area contributed by atoms with Crippen LogP contribution in [-0.2, 0) is 9.59 Å². The summed E-state index contributed by atoms with van der Waals surface area (Å²) in [5.41, 5.74) is -0.164. The van der Waals surface area contributed by atoms with Crippen LogP contribution < -0.4 is 0 Å². The highest BCUT2D eigenvalue weighted by atomic mass is 32.1. The van der Waals surface area contributed by atoms with Crippen molar-refractivity contribution < 1.29 is 19.8 Å². The van der Waals surface area contributed by atoms with Gasteiger partial charge in [0.05, 0.1) is 0 Å². The number of rotatable bonds is 6. The first-order valence-electron chi connectivity index (χ1n) is 3.95. The van der Waals surface area contributed by atoms with Gasteiger partial charge in [0.1, 0.15) is 0 Å². The van der Waals surface area contributed by atoms with Crippen molar-refractivity contribution in [2.45, 2.75) is 12.8 Å². The van der Waals surface area contributed by atoms with Gasteiger partial charge in [0, 0.05) is 11.1 Å². The molecular formula is C8H12O4S2. The Morgan fingerprint density at radius 2 is 1.14 bits per heavy atom. The molecule has 0 radical (unpaired) electrons. The van der Waals surface area contributed by atoms with Crippen molar-refractivity contribution in [1.82, 2.24) is 0 Å². The van der Waals surface area contributed by atoms with Gasteiger partial charge in [-0.15, -0.1) is 0 Å². The van der Waals surface area contributed by atoms with Crippen LogP contribution in [0, 0.1) is 0 Å². The molecule has 0 unspecified atom stereocenters. The zero-order chi connectivity index (χ0) is 11.1. The topological polar surface area (TPSA) is 74.6 Å². The molecular weight excluding hydrogens is 224 g/mol. The molecule has 4 nitrogen and oxygen atoms in total. The van der Waals surface area contributed by atoms with Gasteiger partial charge in [0.25, 0.3) is 0 Å². The summed E-state index contributed by atoms with van der Waals surface area (Å²) in [6.07, 6.45) is 0.293. The molecule has 0 aliphatic carbocycles. The fraction of sp³-hybridized carbons (Fsp3) is 0.500. The van der Waals surface area contributed by atoms with Crippen LogP contribution in [0.3, 0.4) is 0 Å². The molecule has 0 atom stereocenters. The summed E-state index contributed by atoms with van der Waals surface area (Å²) in [5.74, 6) is -1.77. The summed E-state index contributed by atoms with van der Waals surface area (Å²) in [4.78, 5) is 21.5. The predicted octanol–water partition coefficient (Wildman–Crippen LogP) is 1.09. The lowest BCUT2D eigenvalue weighted by atomic mass is 10.0. The van der Waals surface area contributed by atoms with Crippen molar-refractivity contribution >= 4 is 37.2 Å². The van der Waals surface area contributed by atoms with Crippen molar-refractivity contribution in [3.05, 3.63) is 11.1 Å². The third-order valence-corrected chi connectivity index (χ3v) is 2.05. The van der Waals surface area contributed by atoms with Crippen LogP contribution in [0.4, 0.5) is 0 Å². The molecule has 0 aliphatic heterocycles. The molecule has 6 heteroatoms. The smallest absolute Gasteiger partial charge is 0.332 e. The van der Waals surface area contributed by atoms with Crippen molar-refractivity contribution in [2.24, 2.45) is 0 Å². The van der Waals surface area contributed by atoms with Gasteiger partial charge >= 0.3 is 11.9 Å². The number of hydrogen-bond donors (Lipinski definition) is 4. The van der Waals surface area contributed by atoms with E-state index in [0.717, 1.165) is 0 Å². The Hall–Kier alpha value is -0.620. The summed E-state index contributed by atoms with van der Waals surface area (Å²) in [6.45, 7) is 0. The highest BCUT2D eigenvalue weighted by molar-refractivity contribution is 7.80. The standard InChI is InChI=1S/C8H12O4S2/c9-7(10)5(1-3-13)6(2-4-14)8(11)12/h13-14H,1-4H2,(H,9,10)(H,11,12)/b6-5+. The highest BCUT2D eigenvalue weighted by Gasteiger charge is 2.18.